The minimum atomic E-state index is -3.61. The Morgan fingerprint density at radius 3 is 2.52 bits per heavy atom. The average Bonchev–Trinajstić information content (AvgIpc) is 3.14. The Morgan fingerprint density at radius 2 is 1.92 bits per heavy atom. The number of sulfonamides is 1. The molecule has 132 valence electrons. The fourth-order valence-electron chi connectivity index (χ4n) is 2.69. The van der Waals surface area contributed by atoms with E-state index >= 15 is 0 Å². The predicted molar refractivity (Wildman–Crippen MR) is 106 cm³/mol. The molecule has 7 heteroatoms. The average molecular weight is 393 g/mol. The number of nitrogens with zero attached hydrogens (tertiary/aromatic N) is 2. The van der Waals surface area contributed by atoms with Gasteiger partial charge in [-0.3, -0.25) is 4.31 Å². The number of hydrogen-bond donors (Lipinski definition) is 0. The molecule has 0 aliphatic rings. The molecule has 3 rings (SSSR count). The molecule has 1 aromatic carbocycles. The maximum Gasteiger partial charge on any atom is 0.265 e. The molecule has 0 saturated carbocycles. The Kier molecular flexibility index (Phi) is 4.99. The van der Waals surface area contributed by atoms with Crippen LogP contribution in [0.1, 0.15) is 23.1 Å². The maximum absolute atomic E-state index is 13.3. The molecule has 25 heavy (non-hydrogen) atoms. The number of anilines is 1. The van der Waals surface area contributed by atoms with E-state index in [1.807, 2.05) is 57.3 Å². The quantitative estimate of drug-likeness (QED) is 0.613. The molecule has 0 N–H and O–H groups in total. The van der Waals surface area contributed by atoms with Crippen molar-refractivity contribution in [1.29, 1.82) is 0 Å². The number of thiophene rings is 1. The summed E-state index contributed by atoms with van der Waals surface area (Å²) in [5.74, 6) is 0. The fraction of sp³-hybridized carbons (Fsp3) is 0.278. The molecule has 0 fully saturated rings. The van der Waals surface area contributed by atoms with Gasteiger partial charge in [0.2, 0.25) is 0 Å². The molecule has 0 unspecified atom stereocenters. The van der Waals surface area contributed by atoms with Crippen LogP contribution in [0.25, 0.3) is 9.88 Å². The highest BCUT2D eigenvalue weighted by Crippen LogP contribution is 2.37. The van der Waals surface area contributed by atoms with Gasteiger partial charge in [0, 0.05) is 22.5 Å². The number of aryl methyl sites for hydroxylation is 3. The number of aromatic nitrogens is 1. The van der Waals surface area contributed by atoms with Crippen LogP contribution in [-0.2, 0) is 10.0 Å². The van der Waals surface area contributed by atoms with E-state index in [1.54, 1.807) is 6.07 Å². The highest BCUT2D eigenvalue weighted by atomic mass is 32.2. The van der Waals surface area contributed by atoms with Crippen LogP contribution >= 0.6 is 22.7 Å². The molecule has 0 bridgehead atoms. The van der Waals surface area contributed by atoms with E-state index in [1.165, 1.54) is 27.0 Å². The van der Waals surface area contributed by atoms with Crippen molar-refractivity contribution >= 4 is 38.4 Å². The molecule has 4 nitrogen and oxygen atoms in total. The van der Waals surface area contributed by atoms with Crippen molar-refractivity contribution in [2.75, 3.05) is 10.8 Å². The Balaban J connectivity index is 2.06. The standard InChI is InChI=1S/C18H20N2O2S3/c1-5-20(15-8-6-7-12(2)9-15)25(21,22)17-10-16(24-14(17)4)18-19-13(3)11-23-18/h6-11H,5H2,1-4H3. The van der Waals surface area contributed by atoms with Crippen LogP contribution in [0, 0.1) is 20.8 Å². The van der Waals surface area contributed by atoms with Crippen LogP contribution in [0.3, 0.4) is 0 Å². The van der Waals surface area contributed by atoms with E-state index in [0.717, 1.165) is 26.0 Å². The lowest BCUT2D eigenvalue weighted by molar-refractivity contribution is 0.592. The van der Waals surface area contributed by atoms with Crippen LogP contribution in [0.15, 0.2) is 40.6 Å². The Labute approximate surface area is 156 Å². The lowest BCUT2D eigenvalue weighted by atomic mass is 10.2. The topological polar surface area (TPSA) is 50.3 Å². The zero-order valence-corrected chi connectivity index (χ0v) is 17.1. The SMILES string of the molecule is CCN(c1cccc(C)c1)S(=O)(=O)c1cc(-c2nc(C)cs2)sc1C. The first-order chi connectivity index (χ1) is 11.8. The van der Waals surface area contributed by atoms with E-state index in [0.29, 0.717) is 17.1 Å². The molecule has 0 aliphatic carbocycles. The monoisotopic (exact) mass is 392 g/mol. The highest BCUT2D eigenvalue weighted by molar-refractivity contribution is 7.93. The van der Waals surface area contributed by atoms with Gasteiger partial charge < -0.3 is 0 Å². The van der Waals surface area contributed by atoms with Gasteiger partial charge in [-0.1, -0.05) is 12.1 Å². The third-order valence-corrected chi connectivity index (χ3v) is 8.19. The van der Waals surface area contributed by atoms with E-state index in [4.69, 9.17) is 0 Å². The molecule has 2 aromatic heterocycles. The van der Waals surface area contributed by atoms with Crippen LogP contribution < -0.4 is 4.31 Å². The zero-order chi connectivity index (χ0) is 18.2. The molecule has 0 amide bonds. The molecular formula is C18H20N2O2S3. The van der Waals surface area contributed by atoms with Crippen LogP contribution in [0.5, 0.6) is 0 Å². The van der Waals surface area contributed by atoms with Gasteiger partial charge in [0.15, 0.2) is 0 Å². The third kappa shape index (κ3) is 3.49. The summed E-state index contributed by atoms with van der Waals surface area (Å²) in [5.41, 5.74) is 2.68. The van der Waals surface area contributed by atoms with Gasteiger partial charge in [-0.15, -0.1) is 22.7 Å². The molecule has 0 saturated heterocycles. The second-order valence-electron chi connectivity index (χ2n) is 5.83. The summed E-state index contributed by atoms with van der Waals surface area (Å²) in [6, 6.07) is 9.33. The summed E-state index contributed by atoms with van der Waals surface area (Å²) in [5, 5.41) is 2.84. The van der Waals surface area contributed by atoms with Gasteiger partial charge in [-0.2, -0.15) is 0 Å². The normalized spacial score (nSPS) is 11.7. The maximum atomic E-state index is 13.3. The molecule has 0 aliphatic heterocycles. The van der Waals surface area contributed by atoms with Crippen LogP contribution in [0.2, 0.25) is 0 Å². The number of thiazole rings is 1. The minimum Gasteiger partial charge on any atom is -0.267 e. The van der Waals surface area contributed by atoms with Crippen molar-refractivity contribution in [2.45, 2.75) is 32.6 Å². The lowest BCUT2D eigenvalue weighted by Gasteiger charge is -2.23. The van der Waals surface area contributed by atoms with Crippen molar-refractivity contribution < 1.29 is 8.42 Å². The second-order valence-corrected chi connectivity index (χ2v) is 9.78. The van der Waals surface area contributed by atoms with Crippen molar-refractivity contribution in [1.82, 2.24) is 4.98 Å². The van der Waals surface area contributed by atoms with Gasteiger partial charge in [0.05, 0.1) is 10.6 Å². The first-order valence-corrected chi connectivity index (χ1v) is 11.1. The third-order valence-electron chi connectivity index (χ3n) is 3.85. The smallest absolute Gasteiger partial charge is 0.265 e. The Hall–Kier alpha value is -1.70. The second kappa shape index (κ2) is 6.90. The van der Waals surface area contributed by atoms with Gasteiger partial charge in [-0.25, -0.2) is 13.4 Å². The highest BCUT2D eigenvalue weighted by Gasteiger charge is 2.28. The molecule has 0 atom stereocenters. The molecule has 3 aromatic rings. The van der Waals surface area contributed by atoms with Gasteiger partial charge in [-0.05, 0) is 51.5 Å². The fourth-order valence-corrected chi connectivity index (χ4v) is 6.58. The summed E-state index contributed by atoms with van der Waals surface area (Å²) in [6.07, 6.45) is 0. The van der Waals surface area contributed by atoms with Crippen molar-refractivity contribution in [2.24, 2.45) is 0 Å². The van der Waals surface area contributed by atoms with Crippen molar-refractivity contribution in [3.05, 3.63) is 51.8 Å². The van der Waals surface area contributed by atoms with Crippen molar-refractivity contribution in [3.8, 4) is 9.88 Å². The van der Waals surface area contributed by atoms with E-state index in [9.17, 15) is 8.42 Å². The Morgan fingerprint density at radius 1 is 1.16 bits per heavy atom. The summed E-state index contributed by atoms with van der Waals surface area (Å²) in [4.78, 5) is 6.52. The van der Waals surface area contributed by atoms with Gasteiger partial charge in [0.1, 0.15) is 9.90 Å². The van der Waals surface area contributed by atoms with Gasteiger partial charge in [0.25, 0.3) is 10.0 Å². The Bertz CT molecular complexity index is 1000. The number of rotatable bonds is 5. The molecule has 0 radical (unpaired) electrons. The lowest BCUT2D eigenvalue weighted by Crippen LogP contribution is -2.30. The largest absolute Gasteiger partial charge is 0.267 e. The van der Waals surface area contributed by atoms with Crippen molar-refractivity contribution in [3.63, 3.8) is 0 Å². The van der Waals surface area contributed by atoms with Crippen LogP contribution in [0.4, 0.5) is 5.69 Å². The zero-order valence-electron chi connectivity index (χ0n) is 14.6. The first-order valence-electron chi connectivity index (χ1n) is 7.95. The molecule has 0 spiro atoms. The first kappa shape index (κ1) is 18.1. The van der Waals surface area contributed by atoms with E-state index in [-0.39, 0.29) is 0 Å². The molecular weight excluding hydrogens is 372 g/mol. The number of hydrogen-bond acceptors (Lipinski definition) is 5. The summed E-state index contributed by atoms with van der Waals surface area (Å²) in [7, 11) is -3.61. The summed E-state index contributed by atoms with van der Waals surface area (Å²) < 4.78 is 28.0. The summed E-state index contributed by atoms with van der Waals surface area (Å²) >= 11 is 3.01. The predicted octanol–water partition coefficient (Wildman–Crippen LogP) is 5.01. The van der Waals surface area contributed by atoms with Gasteiger partial charge >= 0.3 is 0 Å². The van der Waals surface area contributed by atoms with Crippen LogP contribution in [-0.4, -0.2) is 19.9 Å². The number of benzene rings is 1. The van der Waals surface area contributed by atoms with E-state index in [2.05, 4.69) is 4.98 Å². The minimum absolute atomic E-state index is 0.365. The molecule has 2 heterocycles. The summed E-state index contributed by atoms with van der Waals surface area (Å²) in [6.45, 7) is 7.99. The van der Waals surface area contributed by atoms with E-state index < -0.39 is 10.0 Å².